The van der Waals surface area contributed by atoms with Crippen molar-refractivity contribution in [2.24, 2.45) is 5.92 Å². The third-order valence-electron chi connectivity index (χ3n) is 4.15. The number of benzene rings is 1. The Morgan fingerprint density at radius 3 is 2.73 bits per heavy atom. The summed E-state index contributed by atoms with van der Waals surface area (Å²) in [5.41, 5.74) is 3.24. The van der Waals surface area contributed by atoms with E-state index in [0.29, 0.717) is 24.2 Å². The zero-order valence-corrected chi connectivity index (χ0v) is 12.8. The fraction of sp³-hybridized carbons (Fsp3) is 0.353. The number of rotatable bonds is 4. The highest BCUT2D eigenvalue weighted by Gasteiger charge is 2.37. The number of nitrogens with one attached hydrogen (secondary N) is 2. The summed E-state index contributed by atoms with van der Waals surface area (Å²) < 4.78 is 0. The highest BCUT2D eigenvalue weighted by Crippen LogP contribution is 2.46. The fourth-order valence-corrected chi connectivity index (χ4v) is 2.57. The molecule has 0 saturated heterocycles. The smallest absolute Gasteiger partial charge is 0.320 e. The fourth-order valence-electron chi connectivity index (χ4n) is 2.57. The summed E-state index contributed by atoms with van der Waals surface area (Å²) >= 11 is 0. The van der Waals surface area contributed by atoms with Gasteiger partial charge in [0.05, 0.1) is 5.69 Å². The SMILES string of the molecule is Cc1cc(NC(=O)NC[C@@H]2C[C@H]2c2ccccc2)nnc1C. The summed E-state index contributed by atoms with van der Waals surface area (Å²) in [5.74, 6) is 1.58. The Morgan fingerprint density at radius 2 is 2.00 bits per heavy atom. The molecule has 0 bridgehead atoms. The molecule has 5 heteroatoms. The summed E-state index contributed by atoms with van der Waals surface area (Å²) in [6, 6.07) is 12.0. The largest absolute Gasteiger partial charge is 0.338 e. The first-order valence-corrected chi connectivity index (χ1v) is 7.54. The van der Waals surface area contributed by atoms with Crippen LogP contribution in [-0.2, 0) is 0 Å². The molecule has 22 heavy (non-hydrogen) atoms. The second-order valence-corrected chi connectivity index (χ2v) is 5.85. The van der Waals surface area contributed by atoms with Crippen LogP contribution >= 0.6 is 0 Å². The summed E-state index contributed by atoms with van der Waals surface area (Å²) in [4.78, 5) is 11.9. The van der Waals surface area contributed by atoms with Crippen molar-refractivity contribution in [1.82, 2.24) is 15.5 Å². The third-order valence-corrected chi connectivity index (χ3v) is 4.15. The number of urea groups is 1. The van der Waals surface area contributed by atoms with Gasteiger partial charge in [-0.15, -0.1) is 5.10 Å². The number of aryl methyl sites for hydroxylation is 2. The Labute approximate surface area is 130 Å². The number of hydrogen-bond acceptors (Lipinski definition) is 3. The van der Waals surface area contributed by atoms with Crippen LogP contribution in [0.4, 0.5) is 10.6 Å². The van der Waals surface area contributed by atoms with Gasteiger partial charge in [-0.1, -0.05) is 30.3 Å². The zero-order chi connectivity index (χ0) is 15.5. The van der Waals surface area contributed by atoms with Gasteiger partial charge in [-0.2, -0.15) is 5.10 Å². The molecule has 1 saturated carbocycles. The van der Waals surface area contributed by atoms with E-state index in [4.69, 9.17) is 0 Å². The van der Waals surface area contributed by atoms with E-state index in [0.717, 1.165) is 17.7 Å². The molecular weight excluding hydrogens is 276 g/mol. The van der Waals surface area contributed by atoms with Crippen LogP contribution in [0.25, 0.3) is 0 Å². The lowest BCUT2D eigenvalue weighted by Gasteiger charge is -2.07. The van der Waals surface area contributed by atoms with E-state index in [9.17, 15) is 4.79 Å². The number of aromatic nitrogens is 2. The second-order valence-electron chi connectivity index (χ2n) is 5.85. The lowest BCUT2D eigenvalue weighted by molar-refractivity contribution is 0.251. The molecule has 3 rings (SSSR count). The Morgan fingerprint density at radius 1 is 1.23 bits per heavy atom. The molecule has 114 valence electrons. The maximum Gasteiger partial charge on any atom is 0.320 e. The lowest BCUT2D eigenvalue weighted by Crippen LogP contribution is -2.31. The molecule has 1 fully saturated rings. The first-order chi connectivity index (χ1) is 10.6. The Hall–Kier alpha value is -2.43. The molecule has 1 aliphatic carbocycles. The van der Waals surface area contributed by atoms with Crippen molar-refractivity contribution in [3.8, 4) is 0 Å². The zero-order valence-electron chi connectivity index (χ0n) is 12.8. The number of amides is 2. The molecule has 1 aliphatic rings. The van der Waals surface area contributed by atoms with Crippen molar-refractivity contribution >= 4 is 11.8 Å². The van der Waals surface area contributed by atoms with Crippen LogP contribution in [0.2, 0.25) is 0 Å². The average molecular weight is 296 g/mol. The van der Waals surface area contributed by atoms with Gasteiger partial charge in [0, 0.05) is 6.54 Å². The quantitative estimate of drug-likeness (QED) is 0.911. The minimum atomic E-state index is -0.226. The Balaban J connectivity index is 1.46. The normalized spacial score (nSPS) is 19.5. The minimum absolute atomic E-state index is 0.226. The van der Waals surface area contributed by atoms with E-state index >= 15 is 0 Å². The lowest BCUT2D eigenvalue weighted by atomic mass is 10.1. The van der Waals surface area contributed by atoms with Crippen LogP contribution in [0.5, 0.6) is 0 Å². The predicted molar refractivity (Wildman–Crippen MR) is 85.8 cm³/mol. The standard InChI is InChI=1S/C17H20N4O/c1-11-8-16(21-20-12(11)2)19-17(22)18-10-14-9-15(14)13-6-4-3-5-7-13/h3-8,14-15H,9-10H2,1-2H3,(H2,18,19,21,22)/t14-,15-/m0/s1. The molecule has 0 spiro atoms. The van der Waals surface area contributed by atoms with Crippen molar-refractivity contribution in [3.63, 3.8) is 0 Å². The van der Waals surface area contributed by atoms with Gasteiger partial charge in [-0.3, -0.25) is 5.32 Å². The van der Waals surface area contributed by atoms with E-state index in [1.165, 1.54) is 5.56 Å². The number of nitrogens with zero attached hydrogens (tertiary/aromatic N) is 2. The van der Waals surface area contributed by atoms with Gasteiger partial charge in [-0.25, -0.2) is 4.79 Å². The van der Waals surface area contributed by atoms with Crippen LogP contribution in [-0.4, -0.2) is 22.8 Å². The molecule has 0 radical (unpaired) electrons. The first-order valence-electron chi connectivity index (χ1n) is 7.54. The third kappa shape index (κ3) is 3.42. The van der Waals surface area contributed by atoms with Crippen LogP contribution in [0.3, 0.4) is 0 Å². The van der Waals surface area contributed by atoms with Gasteiger partial charge in [0.15, 0.2) is 5.82 Å². The molecule has 2 aromatic rings. The van der Waals surface area contributed by atoms with Crippen LogP contribution in [0.15, 0.2) is 36.4 Å². The molecule has 1 aromatic carbocycles. The van der Waals surface area contributed by atoms with Gasteiger partial charge in [0.2, 0.25) is 0 Å². The number of carbonyl (C=O) groups excluding carboxylic acids is 1. The van der Waals surface area contributed by atoms with Gasteiger partial charge < -0.3 is 5.32 Å². The van der Waals surface area contributed by atoms with Crippen molar-refractivity contribution in [1.29, 1.82) is 0 Å². The van der Waals surface area contributed by atoms with Crippen LogP contribution in [0, 0.1) is 19.8 Å². The molecule has 2 N–H and O–H groups in total. The summed E-state index contributed by atoms with van der Waals surface area (Å²) in [6.07, 6.45) is 1.13. The van der Waals surface area contributed by atoms with E-state index in [2.05, 4.69) is 45.1 Å². The van der Waals surface area contributed by atoms with Gasteiger partial charge >= 0.3 is 6.03 Å². The average Bonchev–Trinajstić information content (AvgIpc) is 3.30. The van der Waals surface area contributed by atoms with Crippen molar-refractivity contribution in [2.75, 3.05) is 11.9 Å². The molecule has 1 aromatic heterocycles. The number of carbonyl (C=O) groups is 1. The van der Waals surface area contributed by atoms with Crippen molar-refractivity contribution in [3.05, 3.63) is 53.2 Å². The van der Waals surface area contributed by atoms with E-state index in [1.807, 2.05) is 26.0 Å². The number of hydrogen-bond donors (Lipinski definition) is 2. The Kier molecular flexibility index (Phi) is 4.04. The molecule has 0 aliphatic heterocycles. The second kappa shape index (κ2) is 6.13. The molecule has 2 atom stereocenters. The van der Waals surface area contributed by atoms with Gasteiger partial charge in [0.1, 0.15) is 0 Å². The highest BCUT2D eigenvalue weighted by atomic mass is 16.2. The molecule has 0 unspecified atom stereocenters. The van der Waals surface area contributed by atoms with E-state index in [-0.39, 0.29) is 6.03 Å². The maximum absolute atomic E-state index is 11.9. The molecule has 1 heterocycles. The molecule has 2 amide bonds. The summed E-state index contributed by atoms with van der Waals surface area (Å²) in [6.45, 7) is 4.52. The van der Waals surface area contributed by atoms with Crippen molar-refractivity contribution in [2.45, 2.75) is 26.2 Å². The first kappa shape index (κ1) is 14.5. The van der Waals surface area contributed by atoms with E-state index in [1.54, 1.807) is 0 Å². The minimum Gasteiger partial charge on any atom is -0.338 e. The summed E-state index contributed by atoms with van der Waals surface area (Å²) in [7, 11) is 0. The highest BCUT2D eigenvalue weighted by molar-refractivity contribution is 5.88. The number of anilines is 1. The van der Waals surface area contributed by atoms with Gasteiger partial charge in [0.25, 0.3) is 0 Å². The molecule has 5 nitrogen and oxygen atoms in total. The topological polar surface area (TPSA) is 66.9 Å². The maximum atomic E-state index is 11.9. The van der Waals surface area contributed by atoms with Crippen LogP contribution < -0.4 is 10.6 Å². The van der Waals surface area contributed by atoms with Gasteiger partial charge in [-0.05, 0) is 49.3 Å². The predicted octanol–water partition coefficient (Wildman–Crippen LogP) is 3.02. The molecular formula is C17H20N4O. The van der Waals surface area contributed by atoms with Crippen LogP contribution in [0.1, 0.15) is 29.2 Å². The van der Waals surface area contributed by atoms with E-state index < -0.39 is 0 Å². The van der Waals surface area contributed by atoms with Crippen molar-refractivity contribution < 1.29 is 4.79 Å². The Bertz CT molecular complexity index is 672. The summed E-state index contributed by atoms with van der Waals surface area (Å²) in [5, 5.41) is 13.6. The monoisotopic (exact) mass is 296 g/mol.